The molecule has 0 aliphatic heterocycles. The summed E-state index contributed by atoms with van der Waals surface area (Å²) in [7, 11) is 0. The number of benzene rings is 1. The second-order valence-corrected chi connectivity index (χ2v) is 5.63. The molecule has 0 fully saturated rings. The van der Waals surface area contributed by atoms with Crippen molar-refractivity contribution in [2.45, 2.75) is 26.7 Å². The molecular weight excluding hydrogens is 302 g/mol. The van der Waals surface area contributed by atoms with E-state index in [0.29, 0.717) is 13.0 Å². The average molecular weight is 317 g/mol. The van der Waals surface area contributed by atoms with Gasteiger partial charge in [-0.15, -0.1) is 0 Å². The fraction of sp³-hybridized carbons (Fsp3) is 0.462. The van der Waals surface area contributed by atoms with Crippen LogP contribution in [0.3, 0.4) is 0 Å². The lowest BCUT2D eigenvalue weighted by atomic mass is 9.90. The molecule has 1 N–H and O–H groups in total. The molecule has 1 aromatic rings. The van der Waals surface area contributed by atoms with Crippen LogP contribution in [0.15, 0.2) is 16.6 Å². The van der Waals surface area contributed by atoms with Gasteiger partial charge >= 0.3 is 0 Å². The minimum atomic E-state index is -0.503. The van der Waals surface area contributed by atoms with Crippen molar-refractivity contribution in [2.24, 2.45) is 5.41 Å². The molecule has 0 atom stereocenters. The second-order valence-electron chi connectivity index (χ2n) is 4.77. The quantitative estimate of drug-likeness (QED) is 0.642. The van der Waals surface area contributed by atoms with Crippen molar-refractivity contribution in [3.63, 3.8) is 0 Å². The fourth-order valence-corrected chi connectivity index (χ4v) is 1.78. The highest BCUT2D eigenvalue weighted by molar-refractivity contribution is 9.10. The molecule has 0 radical (unpaired) electrons. The third-order valence-electron chi connectivity index (χ3n) is 2.61. The van der Waals surface area contributed by atoms with E-state index in [1.807, 2.05) is 13.8 Å². The lowest BCUT2D eigenvalue weighted by Gasteiger charge is -2.15. The summed E-state index contributed by atoms with van der Waals surface area (Å²) in [6, 6.07) is 4.41. The molecule has 0 aliphatic rings. The van der Waals surface area contributed by atoms with Crippen LogP contribution in [0, 0.1) is 28.4 Å². The van der Waals surface area contributed by atoms with Crippen LogP contribution in [0.1, 0.15) is 26.7 Å². The summed E-state index contributed by atoms with van der Waals surface area (Å²) < 4.78 is 26.8. The van der Waals surface area contributed by atoms with Crippen molar-refractivity contribution in [3.05, 3.63) is 28.2 Å². The van der Waals surface area contributed by atoms with E-state index in [2.05, 4.69) is 27.3 Å². The maximum absolute atomic E-state index is 13.4. The highest BCUT2D eigenvalue weighted by atomic mass is 79.9. The Bertz CT molecular complexity index is 467. The highest BCUT2D eigenvalue weighted by Crippen LogP contribution is 2.24. The van der Waals surface area contributed by atoms with Crippen LogP contribution in [-0.2, 0) is 0 Å². The van der Waals surface area contributed by atoms with E-state index in [1.54, 1.807) is 0 Å². The summed E-state index contributed by atoms with van der Waals surface area (Å²) in [4.78, 5) is 0. The van der Waals surface area contributed by atoms with Crippen molar-refractivity contribution in [1.29, 1.82) is 5.26 Å². The third-order valence-corrected chi connectivity index (χ3v) is 3.21. The number of nitriles is 1. The molecule has 0 aromatic heterocycles. The van der Waals surface area contributed by atoms with E-state index in [4.69, 9.17) is 5.26 Å². The molecule has 0 unspecified atom stereocenters. The fourth-order valence-electron chi connectivity index (χ4n) is 1.47. The lowest BCUT2D eigenvalue weighted by Crippen LogP contribution is -2.11. The van der Waals surface area contributed by atoms with E-state index < -0.39 is 11.6 Å². The highest BCUT2D eigenvalue weighted by Gasteiger charge is 2.15. The minimum Gasteiger partial charge on any atom is -0.383 e. The number of nitrogens with zero attached hydrogens (tertiary/aromatic N) is 1. The summed E-state index contributed by atoms with van der Waals surface area (Å²) in [6.07, 6.45) is 1.43. The maximum atomic E-state index is 13.4. The Balaban J connectivity index is 2.50. The smallest absolute Gasteiger partial charge is 0.147 e. The van der Waals surface area contributed by atoms with Crippen LogP contribution in [-0.4, -0.2) is 6.54 Å². The van der Waals surface area contributed by atoms with Gasteiger partial charge in [0.2, 0.25) is 0 Å². The van der Waals surface area contributed by atoms with Gasteiger partial charge in [0.25, 0.3) is 0 Å². The van der Waals surface area contributed by atoms with Crippen molar-refractivity contribution in [1.82, 2.24) is 0 Å². The zero-order valence-electron chi connectivity index (χ0n) is 10.4. The predicted molar refractivity (Wildman–Crippen MR) is 71.2 cm³/mol. The molecule has 2 nitrogen and oxygen atoms in total. The van der Waals surface area contributed by atoms with Crippen molar-refractivity contribution in [3.8, 4) is 6.07 Å². The Kier molecular flexibility index (Phi) is 5.09. The van der Waals surface area contributed by atoms with Crippen LogP contribution in [0.4, 0.5) is 14.5 Å². The largest absolute Gasteiger partial charge is 0.383 e. The molecule has 1 rings (SSSR count). The average Bonchev–Trinajstić information content (AvgIpc) is 2.31. The number of anilines is 1. The zero-order valence-corrected chi connectivity index (χ0v) is 11.9. The molecule has 0 aliphatic carbocycles. The minimum absolute atomic E-state index is 0.108. The monoisotopic (exact) mass is 316 g/mol. The zero-order chi connectivity index (χ0) is 13.8. The van der Waals surface area contributed by atoms with Gasteiger partial charge in [0.05, 0.1) is 21.6 Å². The summed E-state index contributed by atoms with van der Waals surface area (Å²) in [5, 5.41) is 11.7. The van der Waals surface area contributed by atoms with Gasteiger partial charge in [-0.05, 0) is 48.7 Å². The predicted octanol–water partition coefficient (Wildman–Crippen LogP) is 4.47. The van der Waals surface area contributed by atoms with Crippen molar-refractivity contribution in [2.75, 3.05) is 11.9 Å². The topological polar surface area (TPSA) is 35.8 Å². The molecule has 5 heteroatoms. The van der Waals surface area contributed by atoms with Gasteiger partial charge in [0, 0.05) is 12.6 Å². The summed E-state index contributed by atoms with van der Waals surface area (Å²) in [6.45, 7) is 4.21. The summed E-state index contributed by atoms with van der Waals surface area (Å²) in [5.41, 5.74) is -0.240. The Labute approximate surface area is 114 Å². The Morgan fingerprint density at radius 1 is 1.33 bits per heavy atom. The second kappa shape index (κ2) is 6.14. The van der Waals surface area contributed by atoms with E-state index in [-0.39, 0.29) is 15.6 Å². The van der Waals surface area contributed by atoms with Gasteiger partial charge in [-0.2, -0.15) is 5.26 Å². The molecule has 0 amide bonds. The first kappa shape index (κ1) is 14.9. The van der Waals surface area contributed by atoms with Crippen LogP contribution < -0.4 is 5.32 Å². The van der Waals surface area contributed by atoms with Gasteiger partial charge in [-0.25, -0.2) is 8.78 Å². The normalized spacial score (nSPS) is 11.1. The number of nitrogens with one attached hydrogen (secondary N) is 1. The van der Waals surface area contributed by atoms with Gasteiger partial charge in [0.1, 0.15) is 11.6 Å². The Hall–Kier alpha value is -1.15. The SMILES string of the molecule is CC(C)(C#N)CCCNc1cc(F)c(Br)cc1F. The van der Waals surface area contributed by atoms with Gasteiger partial charge in [-0.1, -0.05) is 0 Å². The molecule has 18 heavy (non-hydrogen) atoms. The van der Waals surface area contributed by atoms with E-state index in [9.17, 15) is 8.78 Å². The molecule has 0 spiro atoms. The standard InChI is InChI=1S/C13H15BrF2N2/c1-13(2,8-17)4-3-5-18-12-7-10(15)9(14)6-11(12)16/h6-7,18H,3-5H2,1-2H3. The van der Waals surface area contributed by atoms with Crippen LogP contribution in [0.5, 0.6) is 0 Å². The molecule has 98 valence electrons. The first-order chi connectivity index (χ1) is 8.35. The lowest BCUT2D eigenvalue weighted by molar-refractivity contribution is 0.441. The number of rotatable bonds is 5. The summed E-state index contributed by atoms with van der Waals surface area (Å²) >= 11 is 2.92. The first-order valence-electron chi connectivity index (χ1n) is 5.65. The van der Waals surface area contributed by atoms with Crippen molar-refractivity contribution >= 4 is 21.6 Å². The van der Waals surface area contributed by atoms with Crippen molar-refractivity contribution < 1.29 is 8.78 Å². The molecule has 0 heterocycles. The maximum Gasteiger partial charge on any atom is 0.147 e. The summed E-state index contributed by atoms with van der Waals surface area (Å²) in [5.74, 6) is -1.00. The van der Waals surface area contributed by atoms with Gasteiger partial charge in [0.15, 0.2) is 0 Å². The molecule has 0 bridgehead atoms. The van der Waals surface area contributed by atoms with Crippen LogP contribution in [0.25, 0.3) is 0 Å². The van der Waals surface area contributed by atoms with E-state index >= 15 is 0 Å². The number of hydrogen-bond donors (Lipinski definition) is 1. The molecular formula is C13H15BrF2N2. The number of halogens is 3. The number of hydrogen-bond acceptors (Lipinski definition) is 2. The first-order valence-corrected chi connectivity index (χ1v) is 6.45. The van der Waals surface area contributed by atoms with E-state index in [0.717, 1.165) is 18.6 Å². The Morgan fingerprint density at radius 2 is 2.00 bits per heavy atom. The molecule has 1 aromatic carbocycles. The molecule has 0 saturated heterocycles. The third kappa shape index (κ3) is 4.26. The van der Waals surface area contributed by atoms with Crippen LogP contribution >= 0.6 is 15.9 Å². The molecule has 0 saturated carbocycles. The Morgan fingerprint density at radius 3 is 2.61 bits per heavy atom. The van der Waals surface area contributed by atoms with E-state index in [1.165, 1.54) is 0 Å². The van der Waals surface area contributed by atoms with Gasteiger partial charge in [-0.3, -0.25) is 0 Å². The van der Waals surface area contributed by atoms with Gasteiger partial charge < -0.3 is 5.32 Å². The van der Waals surface area contributed by atoms with Crippen LogP contribution in [0.2, 0.25) is 0 Å².